The smallest absolute Gasteiger partial charge is 0.317 e. The lowest BCUT2D eigenvalue weighted by Crippen LogP contribution is -2.19. The normalized spacial score (nSPS) is 14.1. The first-order valence-corrected chi connectivity index (χ1v) is 7.19. The summed E-state index contributed by atoms with van der Waals surface area (Å²) in [6.45, 7) is 0.750. The summed E-state index contributed by atoms with van der Waals surface area (Å²) in [5.74, 6) is 1.48. The zero-order valence-electron chi connectivity index (χ0n) is 10.6. The second-order valence-electron chi connectivity index (χ2n) is 4.85. The summed E-state index contributed by atoms with van der Waals surface area (Å²) in [4.78, 5) is 0. The lowest BCUT2D eigenvalue weighted by molar-refractivity contribution is -0.453. The number of nitrogens with two attached hydrogens (primary N) is 1. The van der Waals surface area contributed by atoms with Crippen molar-refractivity contribution in [2.24, 2.45) is 5.73 Å². The molecule has 0 aliphatic carbocycles. The number of halogens is 1. The fraction of sp³-hybridized carbons (Fsp3) is 0.0625. The van der Waals surface area contributed by atoms with Crippen LogP contribution in [-0.4, -0.2) is 10.4 Å². The number of para-hydroxylation sites is 1. The molecule has 3 aromatic rings. The van der Waals surface area contributed by atoms with E-state index in [9.17, 15) is 0 Å². The third kappa shape index (κ3) is 1.61. The number of benzene rings is 2. The zero-order valence-corrected chi connectivity index (χ0v) is 12.2. The topological polar surface area (TPSA) is 42.2 Å². The lowest BCUT2D eigenvalue weighted by atomic mass is 10.1. The molecule has 4 heteroatoms. The molecule has 1 aromatic heterocycles. The van der Waals surface area contributed by atoms with Gasteiger partial charge < -0.3 is 4.42 Å². The number of nitrogens with zero attached hydrogens (tertiary/aromatic N) is 1. The van der Waals surface area contributed by atoms with Gasteiger partial charge in [-0.15, -0.1) is 0 Å². The van der Waals surface area contributed by atoms with E-state index in [0.717, 1.165) is 33.4 Å². The molecular weight excluding hydrogens is 316 g/mol. The van der Waals surface area contributed by atoms with Crippen LogP contribution in [0.2, 0.25) is 0 Å². The minimum atomic E-state index is 0.679. The number of rotatable bonds is 1. The SMILES string of the molecule is NC1=[N+](c2ccc(Br)cc2)Cc2c1oc1ccccc21. The quantitative estimate of drug-likeness (QED) is 0.691. The molecule has 0 amide bonds. The Hall–Kier alpha value is -2.07. The highest BCUT2D eigenvalue weighted by Crippen LogP contribution is 2.32. The number of furan rings is 1. The maximum atomic E-state index is 6.26. The van der Waals surface area contributed by atoms with Crippen LogP contribution in [0.3, 0.4) is 0 Å². The minimum absolute atomic E-state index is 0.679. The molecule has 0 saturated heterocycles. The van der Waals surface area contributed by atoms with Crippen LogP contribution < -0.4 is 5.73 Å². The van der Waals surface area contributed by atoms with Gasteiger partial charge in [-0.3, -0.25) is 5.73 Å². The zero-order chi connectivity index (χ0) is 13.7. The minimum Gasteiger partial charge on any atom is -0.448 e. The molecule has 98 valence electrons. The molecule has 0 spiro atoms. The van der Waals surface area contributed by atoms with Crippen LogP contribution in [-0.2, 0) is 6.54 Å². The Bertz CT molecular complexity index is 847. The van der Waals surface area contributed by atoms with E-state index in [1.807, 2.05) is 42.5 Å². The van der Waals surface area contributed by atoms with Crippen LogP contribution in [0.1, 0.15) is 11.3 Å². The van der Waals surface area contributed by atoms with Crippen molar-refractivity contribution in [3.05, 3.63) is 64.3 Å². The lowest BCUT2D eigenvalue weighted by Gasteiger charge is -2.03. The number of fused-ring (bicyclic) bond motifs is 3. The van der Waals surface area contributed by atoms with E-state index in [1.165, 1.54) is 5.56 Å². The summed E-state index contributed by atoms with van der Waals surface area (Å²) in [7, 11) is 0. The molecule has 2 heterocycles. The fourth-order valence-corrected chi connectivity index (χ4v) is 2.94. The molecule has 20 heavy (non-hydrogen) atoms. The molecular formula is C16H12BrN2O+. The highest BCUT2D eigenvalue weighted by atomic mass is 79.9. The largest absolute Gasteiger partial charge is 0.448 e. The van der Waals surface area contributed by atoms with Crippen molar-refractivity contribution < 1.29 is 8.99 Å². The predicted octanol–water partition coefficient (Wildman–Crippen LogP) is 3.76. The van der Waals surface area contributed by atoms with Crippen molar-refractivity contribution in [1.82, 2.24) is 0 Å². The monoisotopic (exact) mass is 327 g/mol. The molecule has 3 nitrogen and oxygen atoms in total. The average Bonchev–Trinajstić information content (AvgIpc) is 2.98. The summed E-state index contributed by atoms with van der Waals surface area (Å²) >= 11 is 3.45. The molecule has 0 bridgehead atoms. The van der Waals surface area contributed by atoms with Crippen molar-refractivity contribution in [2.75, 3.05) is 0 Å². The van der Waals surface area contributed by atoms with E-state index in [1.54, 1.807) is 0 Å². The van der Waals surface area contributed by atoms with E-state index >= 15 is 0 Å². The van der Waals surface area contributed by atoms with Gasteiger partial charge in [-0.25, -0.2) is 4.58 Å². The van der Waals surface area contributed by atoms with Crippen molar-refractivity contribution in [2.45, 2.75) is 6.54 Å². The Morgan fingerprint density at radius 1 is 1.05 bits per heavy atom. The maximum Gasteiger partial charge on any atom is 0.317 e. The molecule has 1 aliphatic heterocycles. The Kier molecular flexibility index (Phi) is 2.47. The Labute approximate surface area is 124 Å². The fourth-order valence-electron chi connectivity index (χ4n) is 2.68. The molecule has 0 saturated carbocycles. The Morgan fingerprint density at radius 3 is 2.60 bits per heavy atom. The van der Waals surface area contributed by atoms with E-state index in [-0.39, 0.29) is 0 Å². The van der Waals surface area contributed by atoms with Gasteiger partial charge in [0, 0.05) is 9.86 Å². The van der Waals surface area contributed by atoms with Crippen LogP contribution in [0.15, 0.2) is 57.4 Å². The van der Waals surface area contributed by atoms with Gasteiger partial charge in [-0.1, -0.05) is 34.1 Å². The van der Waals surface area contributed by atoms with Gasteiger partial charge >= 0.3 is 5.84 Å². The summed E-state index contributed by atoms with van der Waals surface area (Å²) in [5.41, 5.74) is 9.40. The van der Waals surface area contributed by atoms with Gasteiger partial charge in [0.25, 0.3) is 0 Å². The van der Waals surface area contributed by atoms with Crippen LogP contribution in [0.4, 0.5) is 5.69 Å². The standard InChI is InChI=1S/C16H11BrN2O/c17-10-5-7-11(8-6-10)19-9-13-12-3-1-2-4-14(12)20-15(13)16(19)18/h1-8,18H,9H2/p+1. The molecule has 0 fully saturated rings. The van der Waals surface area contributed by atoms with Crippen LogP contribution in [0.25, 0.3) is 11.0 Å². The van der Waals surface area contributed by atoms with Gasteiger partial charge in [0.15, 0.2) is 0 Å². The third-order valence-electron chi connectivity index (χ3n) is 3.68. The van der Waals surface area contributed by atoms with Gasteiger partial charge in [-0.2, -0.15) is 0 Å². The van der Waals surface area contributed by atoms with Crippen molar-refractivity contribution in [1.29, 1.82) is 0 Å². The Balaban J connectivity index is 1.87. The molecule has 0 radical (unpaired) electrons. The summed E-state index contributed by atoms with van der Waals surface area (Å²) < 4.78 is 9.02. The second kappa shape index (κ2) is 4.21. The van der Waals surface area contributed by atoms with Crippen LogP contribution >= 0.6 is 15.9 Å². The predicted molar refractivity (Wildman–Crippen MR) is 82.3 cm³/mol. The molecule has 2 N–H and O–H groups in total. The Morgan fingerprint density at radius 2 is 1.80 bits per heavy atom. The first-order valence-electron chi connectivity index (χ1n) is 6.40. The number of amidine groups is 1. The highest BCUT2D eigenvalue weighted by molar-refractivity contribution is 9.10. The van der Waals surface area contributed by atoms with Gasteiger partial charge in [-0.05, 0) is 30.3 Å². The van der Waals surface area contributed by atoms with E-state index in [0.29, 0.717) is 5.84 Å². The molecule has 0 atom stereocenters. The highest BCUT2D eigenvalue weighted by Gasteiger charge is 2.32. The molecule has 4 rings (SSSR count). The van der Waals surface area contributed by atoms with Gasteiger partial charge in [0.2, 0.25) is 5.76 Å². The summed E-state index contributed by atoms with van der Waals surface area (Å²) in [5, 5.41) is 1.14. The maximum absolute atomic E-state index is 6.26. The van der Waals surface area contributed by atoms with E-state index < -0.39 is 0 Å². The first kappa shape index (κ1) is 11.7. The van der Waals surface area contributed by atoms with Crippen molar-refractivity contribution in [3.63, 3.8) is 0 Å². The van der Waals surface area contributed by atoms with Gasteiger partial charge in [0.1, 0.15) is 17.8 Å². The first-order chi connectivity index (χ1) is 9.74. The molecule has 1 aliphatic rings. The van der Waals surface area contributed by atoms with E-state index in [2.05, 4.69) is 26.6 Å². The van der Waals surface area contributed by atoms with Crippen molar-refractivity contribution >= 4 is 38.4 Å². The van der Waals surface area contributed by atoms with Gasteiger partial charge in [0.05, 0.1) is 5.56 Å². The van der Waals surface area contributed by atoms with Crippen LogP contribution in [0, 0.1) is 0 Å². The second-order valence-corrected chi connectivity index (χ2v) is 5.77. The molecule has 0 unspecified atom stereocenters. The van der Waals surface area contributed by atoms with E-state index in [4.69, 9.17) is 10.2 Å². The average molecular weight is 328 g/mol. The third-order valence-corrected chi connectivity index (χ3v) is 4.20. The summed E-state index contributed by atoms with van der Waals surface area (Å²) in [6, 6.07) is 16.2. The molecule has 2 aromatic carbocycles. The summed E-state index contributed by atoms with van der Waals surface area (Å²) in [6.07, 6.45) is 0. The van der Waals surface area contributed by atoms with Crippen LogP contribution in [0.5, 0.6) is 0 Å². The number of hydrogen-bond donors (Lipinski definition) is 1. The number of hydrogen-bond acceptors (Lipinski definition) is 2. The van der Waals surface area contributed by atoms with Crippen molar-refractivity contribution in [3.8, 4) is 0 Å².